The van der Waals surface area contributed by atoms with Crippen LogP contribution in [0.25, 0.3) is 0 Å². The summed E-state index contributed by atoms with van der Waals surface area (Å²) in [6.07, 6.45) is 15.9. The maximum absolute atomic E-state index is 12.6. The molecule has 0 aromatic heterocycles. The number of imide groups is 1. The van der Waals surface area contributed by atoms with Gasteiger partial charge in [-0.3, -0.25) is 33.7 Å². The lowest BCUT2D eigenvalue weighted by Crippen LogP contribution is -2.41. The van der Waals surface area contributed by atoms with E-state index in [1.54, 1.807) is 0 Å². The zero-order valence-corrected chi connectivity index (χ0v) is 30.1. The first kappa shape index (κ1) is 43.7. The van der Waals surface area contributed by atoms with E-state index < -0.39 is 29.9 Å². The Kier molecular flexibility index (Phi) is 21.4. The molecule has 12 nitrogen and oxygen atoms in total. The van der Waals surface area contributed by atoms with Crippen LogP contribution < -0.4 is 5.32 Å². The number of Topliss-reactive ketones (excluding diaryl/α,β-unsaturated/α-hetero) is 1. The van der Waals surface area contributed by atoms with Crippen molar-refractivity contribution >= 4 is 41.4 Å². The Balaban J connectivity index is 2.04. The van der Waals surface area contributed by atoms with Gasteiger partial charge in [-0.1, -0.05) is 104 Å². The third kappa shape index (κ3) is 18.9. The van der Waals surface area contributed by atoms with Crippen LogP contribution in [0.1, 0.15) is 162 Å². The standard InChI is InChI=1S/C37H62N2O10/c1-37(2,3)29-26-32(42)39(33(29)43)25-19-15-16-20-27(40)23-24-30(36(48)49)38-31(41)22-18-14-12-10-8-6-4-5-7-9-11-13-17-21-28(34(44)45)35(46)47/h28-30H,4-26H2,1-3H3,(H,38,41)(H,44,45)(H,46,47)(H,48,49). The highest BCUT2D eigenvalue weighted by atomic mass is 16.4. The third-order valence-corrected chi connectivity index (χ3v) is 9.46. The van der Waals surface area contributed by atoms with Crippen LogP contribution in [-0.2, 0) is 33.6 Å². The van der Waals surface area contributed by atoms with E-state index in [1.807, 2.05) is 20.8 Å². The number of nitrogens with one attached hydrogen (secondary N) is 1. The molecule has 1 aliphatic rings. The fraction of sp³-hybridized carbons (Fsp3) is 0.811. The Bertz CT molecular complexity index is 1070. The minimum Gasteiger partial charge on any atom is -0.481 e. The molecule has 4 N–H and O–H groups in total. The number of unbranched alkanes of at least 4 members (excludes halogenated alkanes) is 14. The van der Waals surface area contributed by atoms with Gasteiger partial charge >= 0.3 is 17.9 Å². The maximum Gasteiger partial charge on any atom is 0.326 e. The van der Waals surface area contributed by atoms with E-state index in [2.05, 4.69) is 5.32 Å². The molecule has 0 spiro atoms. The average Bonchev–Trinajstić information content (AvgIpc) is 3.31. The van der Waals surface area contributed by atoms with Crippen molar-refractivity contribution in [3.8, 4) is 0 Å². The van der Waals surface area contributed by atoms with Crippen LogP contribution in [0, 0.1) is 17.3 Å². The number of ketones is 1. The first-order valence-electron chi connectivity index (χ1n) is 18.5. The quantitative estimate of drug-likeness (QED) is 0.0380. The molecule has 1 saturated heterocycles. The molecule has 2 unspecified atom stereocenters. The van der Waals surface area contributed by atoms with Gasteiger partial charge in [0.15, 0.2) is 5.92 Å². The molecule has 0 aromatic carbocycles. The van der Waals surface area contributed by atoms with Crippen LogP contribution in [-0.4, -0.2) is 74.2 Å². The number of hydrogen-bond acceptors (Lipinski definition) is 7. The fourth-order valence-corrected chi connectivity index (χ4v) is 6.25. The highest BCUT2D eigenvalue weighted by molar-refractivity contribution is 6.03. The predicted molar refractivity (Wildman–Crippen MR) is 185 cm³/mol. The Labute approximate surface area is 292 Å². The highest BCUT2D eigenvalue weighted by Gasteiger charge is 2.44. The summed E-state index contributed by atoms with van der Waals surface area (Å²) in [6, 6.07) is -1.10. The Morgan fingerprint density at radius 3 is 1.59 bits per heavy atom. The number of carboxylic acids is 3. The van der Waals surface area contributed by atoms with Crippen molar-refractivity contribution in [1.29, 1.82) is 0 Å². The number of carboxylic acid groups (broad SMARTS) is 3. The van der Waals surface area contributed by atoms with E-state index in [0.29, 0.717) is 45.1 Å². The van der Waals surface area contributed by atoms with Gasteiger partial charge in [-0.05, 0) is 37.5 Å². The zero-order valence-electron chi connectivity index (χ0n) is 30.1. The van der Waals surface area contributed by atoms with Gasteiger partial charge in [-0.25, -0.2) is 4.79 Å². The van der Waals surface area contributed by atoms with Crippen molar-refractivity contribution in [1.82, 2.24) is 10.2 Å². The van der Waals surface area contributed by atoms with E-state index >= 15 is 0 Å². The predicted octanol–water partition coefficient (Wildman–Crippen LogP) is 6.52. The van der Waals surface area contributed by atoms with Crippen molar-refractivity contribution < 1.29 is 48.9 Å². The van der Waals surface area contributed by atoms with Gasteiger partial charge in [0.05, 0.1) is 5.92 Å². The molecular weight excluding hydrogens is 632 g/mol. The SMILES string of the molecule is CC(C)(C)C1CC(=O)N(CCCCCC(=O)CCC(NC(=O)CCCCCCCCCCCCCCCC(C(=O)O)C(=O)O)C(=O)O)C1=O. The van der Waals surface area contributed by atoms with Crippen LogP contribution in [0.5, 0.6) is 0 Å². The Hall–Kier alpha value is -3.31. The van der Waals surface area contributed by atoms with Crippen LogP contribution in [0.3, 0.4) is 0 Å². The monoisotopic (exact) mass is 694 g/mol. The summed E-state index contributed by atoms with van der Waals surface area (Å²) < 4.78 is 0. The maximum atomic E-state index is 12.6. The molecule has 0 aliphatic carbocycles. The third-order valence-electron chi connectivity index (χ3n) is 9.46. The van der Waals surface area contributed by atoms with Crippen molar-refractivity contribution in [2.24, 2.45) is 17.3 Å². The Morgan fingerprint density at radius 1 is 0.653 bits per heavy atom. The Morgan fingerprint density at radius 2 is 1.12 bits per heavy atom. The molecule has 280 valence electrons. The molecule has 1 aliphatic heterocycles. The van der Waals surface area contributed by atoms with Gasteiger partial charge in [0, 0.05) is 32.2 Å². The van der Waals surface area contributed by atoms with E-state index in [0.717, 1.165) is 70.6 Å². The van der Waals surface area contributed by atoms with Gasteiger partial charge < -0.3 is 20.6 Å². The molecule has 1 fully saturated rings. The molecule has 0 saturated carbocycles. The molecule has 0 radical (unpaired) electrons. The summed E-state index contributed by atoms with van der Waals surface area (Å²) >= 11 is 0. The summed E-state index contributed by atoms with van der Waals surface area (Å²) in [5.41, 5.74) is -0.262. The van der Waals surface area contributed by atoms with E-state index in [9.17, 15) is 38.7 Å². The molecule has 0 bridgehead atoms. The van der Waals surface area contributed by atoms with Gasteiger partial charge in [0.1, 0.15) is 11.8 Å². The lowest BCUT2D eigenvalue weighted by atomic mass is 9.80. The molecule has 2 atom stereocenters. The van der Waals surface area contributed by atoms with Crippen LogP contribution in [0.15, 0.2) is 0 Å². The zero-order chi connectivity index (χ0) is 36.8. The molecule has 1 heterocycles. The number of amides is 3. The second kappa shape index (κ2) is 23.9. The normalized spacial score (nSPS) is 15.5. The first-order chi connectivity index (χ1) is 23.1. The summed E-state index contributed by atoms with van der Waals surface area (Å²) in [7, 11) is 0. The lowest BCUT2D eigenvalue weighted by Gasteiger charge is -2.24. The number of likely N-dealkylation sites (tertiary alicyclic amines) is 1. The van der Waals surface area contributed by atoms with E-state index in [1.165, 1.54) is 4.90 Å². The lowest BCUT2D eigenvalue weighted by molar-refractivity contribution is -0.155. The minimum absolute atomic E-state index is 0.0465. The van der Waals surface area contributed by atoms with Crippen LogP contribution >= 0.6 is 0 Å². The summed E-state index contributed by atoms with van der Waals surface area (Å²) in [4.78, 5) is 84.3. The topological polar surface area (TPSA) is 195 Å². The van der Waals surface area contributed by atoms with E-state index in [4.69, 9.17) is 10.2 Å². The fourth-order valence-electron chi connectivity index (χ4n) is 6.25. The summed E-state index contributed by atoms with van der Waals surface area (Å²) in [5.74, 6) is -5.93. The number of hydrogen-bond donors (Lipinski definition) is 4. The van der Waals surface area contributed by atoms with Gasteiger partial charge in [-0.2, -0.15) is 0 Å². The number of carbonyl (C=O) groups is 7. The molecule has 1 rings (SSSR count). The van der Waals surface area contributed by atoms with Crippen molar-refractivity contribution in [3.05, 3.63) is 0 Å². The highest BCUT2D eigenvalue weighted by Crippen LogP contribution is 2.35. The second-order valence-corrected chi connectivity index (χ2v) is 14.7. The second-order valence-electron chi connectivity index (χ2n) is 14.7. The minimum atomic E-state index is -1.30. The van der Waals surface area contributed by atoms with Gasteiger partial charge in [-0.15, -0.1) is 0 Å². The van der Waals surface area contributed by atoms with Crippen molar-refractivity contribution in [2.45, 2.75) is 168 Å². The van der Waals surface area contributed by atoms with Crippen LogP contribution in [0.2, 0.25) is 0 Å². The summed E-state index contributed by atoms with van der Waals surface area (Å²) in [6.45, 7) is 6.23. The first-order valence-corrected chi connectivity index (χ1v) is 18.5. The molecule has 12 heteroatoms. The summed E-state index contributed by atoms with van der Waals surface area (Å²) in [5, 5.41) is 29.8. The van der Waals surface area contributed by atoms with Crippen LogP contribution in [0.4, 0.5) is 0 Å². The number of rotatable bonds is 29. The largest absolute Gasteiger partial charge is 0.481 e. The molecule has 3 amide bonds. The van der Waals surface area contributed by atoms with Gasteiger partial charge in [0.2, 0.25) is 17.7 Å². The smallest absolute Gasteiger partial charge is 0.326 e. The average molecular weight is 695 g/mol. The molecule has 0 aromatic rings. The number of aliphatic carboxylic acids is 3. The van der Waals surface area contributed by atoms with E-state index in [-0.39, 0.29) is 66.9 Å². The van der Waals surface area contributed by atoms with Crippen molar-refractivity contribution in [3.63, 3.8) is 0 Å². The number of carbonyl (C=O) groups excluding carboxylic acids is 4. The number of nitrogens with zero attached hydrogens (tertiary/aromatic N) is 1. The van der Waals surface area contributed by atoms with Crippen molar-refractivity contribution in [2.75, 3.05) is 6.54 Å². The molecule has 49 heavy (non-hydrogen) atoms. The molecular formula is C37H62N2O10. The van der Waals surface area contributed by atoms with Gasteiger partial charge in [0.25, 0.3) is 0 Å².